The van der Waals surface area contributed by atoms with Gasteiger partial charge in [-0.3, -0.25) is 9.11 Å². The summed E-state index contributed by atoms with van der Waals surface area (Å²) in [6, 6.07) is 3.42. The Morgan fingerprint density at radius 1 is 0.792 bits per heavy atom. The van der Waals surface area contributed by atoms with Crippen molar-refractivity contribution < 1.29 is 39.6 Å². The molecule has 0 fully saturated rings. The number of nitrogens with one attached hydrogen (secondary N) is 1. The van der Waals surface area contributed by atoms with Crippen LogP contribution in [0.5, 0.6) is 0 Å². The summed E-state index contributed by atoms with van der Waals surface area (Å²) in [4.78, 5) is -2.07. The van der Waals surface area contributed by atoms with E-state index >= 15 is 0 Å². The van der Waals surface area contributed by atoms with E-state index in [1.54, 1.807) is 0 Å². The second kappa shape index (κ2) is 5.82. The number of benzene rings is 2. The van der Waals surface area contributed by atoms with Gasteiger partial charge in [-0.2, -0.15) is 16.8 Å². The average Bonchev–Trinajstić information content (AvgIpc) is 2.41. The van der Waals surface area contributed by atoms with Gasteiger partial charge >= 0.3 is 0 Å². The van der Waals surface area contributed by atoms with Crippen LogP contribution in [0.15, 0.2) is 39.0 Å². The number of hydrogen-bond acceptors (Lipinski definition) is 8. The molecule has 0 heterocycles. The third-order valence-electron chi connectivity index (χ3n) is 3.13. The lowest BCUT2D eigenvalue weighted by Crippen LogP contribution is -2.06. The molecule has 13 heteroatoms. The molecule has 134 valence electrons. The highest BCUT2D eigenvalue weighted by atomic mass is 32.3. The number of rotatable bonds is 4. The van der Waals surface area contributed by atoms with Crippen LogP contribution in [0.2, 0.25) is 0 Å². The van der Waals surface area contributed by atoms with Crippen molar-refractivity contribution in [2.45, 2.75) is 14.7 Å². The monoisotopic (exact) mass is 399 g/mol. The van der Waals surface area contributed by atoms with Crippen LogP contribution in [0, 0.1) is 0 Å². The molecule has 0 atom stereocenters. The van der Waals surface area contributed by atoms with E-state index in [-0.39, 0.29) is 16.5 Å². The highest BCUT2D eigenvalue weighted by molar-refractivity contribution is 8.19. The van der Waals surface area contributed by atoms with Crippen molar-refractivity contribution >= 4 is 47.6 Å². The quantitative estimate of drug-likeness (QED) is 0.416. The molecule has 0 radical (unpaired) electrons. The third kappa shape index (κ3) is 3.62. The summed E-state index contributed by atoms with van der Waals surface area (Å²) in [7, 11) is -12.5. The predicted octanol–water partition coefficient (Wildman–Crippen LogP) is 1.96. The van der Waals surface area contributed by atoms with Crippen molar-refractivity contribution in [3.05, 3.63) is 24.3 Å². The normalized spacial score (nSPS) is 13.9. The Kier molecular flexibility index (Phi) is 4.58. The zero-order chi connectivity index (χ0) is 18.5. The molecular formula is C11H13NO9S3. The topological polar surface area (TPSA) is 181 Å². The fraction of sp³-hybridized carbons (Fsp3) is 0.0909. The SMILES string of the molecule is CNc1cc2c(S(=O)(=O)O)cc(S(=O)(=O)O)cc2cc1S(O)(O)O. The predicted molar refractivity (Wildman–Crippen MR) is 86.9 cm³/mol. The Morgan fingerprint density at radius 3 is 1.79 bits per heavy atom. The molecule has 0 unspecified atom stereocenters. The average molecular weight is 399 g/mol. The number of hydrogen-bond donors (Lipinski definition) is 6. The van der Waals surface area contributed by atoms with Crippen LogP contribution in [-0.2, 0) is 20.2 Å². The molecular weight excluding hydrogens is 386 g/mol. The first kappa shape index (κ1) is 18.9. The van der Waals surface area contributed by atoms with Crippen LogP contribution in [-0.4, -0.2) is 46.6 Å². The lowest BCUT2D eigenvalue weighted by Gasteiger charge is -2.23. The molecule has 0 bridgehead atoms. The summed E-state index contributed by atoms with van der Waals surface area (Å²) in [5, 5.41) is 2.17. The molecule has 2 aromatic carbocycles. The van der Waals surface area contributed by atoms with Gasteiger partial charge in [-0.05, 0) is 29.7 Å². The standard InChI is InChI=1S/C11H13NO9S3/c1-12-9-5-8-6(3-11(9)24(19,20)21)2-7(22(13,14)15)4-10(8)23(16,17)18/h2-5,12,19-21H,1H3,(H,13,14,15)(H,16,17,18). The maximum Gasteiger partial charge on any atom is 0.295 e. The fourth-order valence-corrected chi connectivity index (χ4v) is 4.20. The Morgan fingerprint density at radius 2 is 1.38 bits per heavy atom. The second-order valence-corrected chi connectivity index (χ2v) is 9.00. The zero-order valence-electron chi connectivity index (χ0n) is 11.9. The largest absolute Gasteiger partial charge is 0.387 e. The van der Waals surface area contributed by atoms with Crippen molar-refractivity contribution in [2.75, 3.05) is 12.4 Å². The summed E-state index contributed by atoms with van der Waals surface area (Å²) in [5.41, 5.74) is -0.0606. The summed E-state index contributed by atoms with van der Waals surface area (Å²) in [6.45, 7) is 0. The molecule has 0 saturated heterocycles. The van der Waals surface area contributed by atoms with Crippen LogP contribution >= 0.6 is 10.9 Å². The molecule has 0 aromatic heterocycles. The van der Waals surface area contributed by atoms with Gasteiger partial charge in [-0.25, -0.2) is 0 Å². The van der Waals surface area contributed by atoms with Gasteiger partial charge in [0.15, 0.2) is 0 Å². The fourth-order valence-electron chi connectivity index (χ4n) is 2.11. The van der Waals surface area contributed by atoms with Crippen LogP contribution in [0.25, 0.3) is 10.8 Å². The molecule has 2 aromatic rings. The van der Waals surface area contributed by atoms with E-state index in [0.717, 1.165) is 18.2 Å². The summed E-state index contributed by atoms with van der Waals surface area (Å²) in [6.07, 6.45) is 0. The van der Waals surface area contributed by atoms with E-state index < -0.39 is 45.8 Å². The van der Waals surface area contributed by atoms with E-state index in [9.17, 15) is 35.0 Å². The van der Waals surface area contributed by atoms with Crippen LogP contribution in [0.1, 0.15) is 0 Å². The van der Waals surface area contributed by atoms with Crippen molar-refractivity contribution in [1.29, 1.82) is 0 Å². The first-order chi connectivity index (χ1) is 10.7. The first-order valence-electron chi connectivity index (χ1n) is 6.00. The van der Waals surface area contributed by atoms with Gasteiger partial charge in [-0.15, -0.1) is 0 Å². The van der Waals surface area contributed by atoms with Crippen LogP contribution < -0.4 is 5.32 Å². The molecule has 6 N–H and O–H groups in total. The smallest absolute Gasteiger partial charge is 0.295 e. The van der Waals surface area contributed by atoms with E-state index in [4.69, 9.17) is 4.55 Å². The van der Waals surface area contributed by atoms with Crippen molar-refractivity contribution in [3.63, 3.8) is 0 Å². The Labute approximate surface area is 138 Å². The van der Waals surface area contributed by atoms with E-state index in [1.807, 2.05) is 0 Å². The summed E-state index contributed by atoms with van der Waals surface area (Å²) in [5.74, 6) is 0. The van der Waals surface area contributed by atoms with Gasteiger partial charge in [0, 0.05) is 12.4 Å². The van der Waals surface area contributed by atoms with Crippen molar-refractivity contribution in [1.82, 2.24) is 0 Å². The molecule has 24 heavy (non-hydrogen) atoms. The van der Waals surface area contributed by atoms with Crippen LogP contribution in [0.4, 0.5) is 5.69 Å². The maximum atomic E-state index is 11.5. The zero-order valence-corrected chi connectivity index (χ0v) is 14.4. The molecule has 0 aliphatic rings. The summed E-state index contributed by atoms with van der Waals surface area (Å²) >= 11 is 0. The minimum Gasteiger partial charge on any atom is -0.387 e. The Bertz CT molecular complexity index is 1020. The number of fused-ring (bicyclic) bond motifs is 1. The molecule has 0 aliphatic heterocycles. The van der Waals surface area contributed by atoms with E-state index in [1.165, 1.54) is 7.05 Å². The minimum atomic E-state index is -4.87. The summed E-state index contributed by atoms with van der Waals surface area (Å²) < 4.78 is 92.3. The van der Waals surface area contributed by atoms with Gasteiger partial charge in [-0.1, -0.05) is 0 Å². The lowest BCUT2D eigenvalue weighted by atomic mass is 10.1. The van der Waals surface area contributed by atoms with Crippen molar-refractivity contribution in [2.24, 2.45) is 0 Å². The molecule has 0 amide bonds. The molecule has 0 spiro atoms. The lowest BCUT2D eigenvalue weighted by molar-refractivity contribution is 0.376. The molecule has 0 saturated carbocycles. The highest BCUT2D eigenvalue weighted by Gasteiger charge is 2.25. The second-order valence-electron chi connectivity index (χ2n) is 4.71. The van der Waals surface area contributed by atoms with E-state index in [2.05, 4.69) is 5.32 Å². The molecule has 10 nitrogen and oxygen atoms in total. The highest BCUT2D eigenvalue weighted by Crippen LogP contribution is 2.49. The minimum absolute atomic E-state index is 0.0606. The van der Waals surface area contributed by atoms with E-state index in [0.29, 0.717) is 6.07 Å². The van der Waals surface area contributed by atoms with Gasteiger partial charge in [0.05, 0.1) is 15.5 Å². The van der Waals surface area contributed by atoms with Gasteiger partial charge in [0.1, 0.15) is 15.8 Å². The van der Waals surface area contributed by atoms with Crippen molar-refractivity contribution in [3.8, 4) is 0 Å². The molecule has 2 rings (SSSR count). The Balaban J connectivity index is 3.05. The number of anilines is 1. The van der Waals surface area contributed by atoms with Gasteiger partial charge < -0.3 is 19.0 Å². The van der Waals surface area contributed by atoms with Gasteiger partial charge in [0.2, 0.25) is 0 Å². The first-order valence-corrected chi connectivity index (χ1v) is 10.4. The molecule has 0 aliphatic carbocycles. The Hall–Kier alpha value is -1.45. The maximum absolute atomic E-state index is 11.5. The van der Waals surface area contributed by atoms with Crippen LogP contribution in [0.3, 0.4) is 0 Å². The van der Waals surface area contributed by atoms with Gasteiger partial charge in [0.25, 0.3) is 20.2 Å². The third-order valence-corrected chi connectivity index (χ3v) is 5.78.